The monoisotopic (exact) mass is 331 g/mol. The molecule has 1 N–H and O–H groups in total. The smallest absolute Gasteiger partial charge is 0.343 e. The van der Waals surface area contributed by atoms with E-state index in [1.165, 1.54) is 10.8 Å². The molecule has 2 heterocycles. The van der Waals surface area contributed by atoms with Crippen LogP contribution in [0.2, 0.25) is 0 Å². The Labute approximate surface area is 135 Å². The van der Waals surface area contributed by atoms with Gasteiger partial charge in [-0.2, -0.15) is 5.10 Å². The van der Waals surface area contributed by atoms with E-state index < -0.39 is 10.8 Å². The maximum Gasteiger partial charge on any atom is 0.343 e. The van der Waals surface area contributed by atoms with E-state index in [-0.39, 0.29) is 19.2 Å². The molecule has 0 bridgehead atoms. The second-order valence-corrected chi connectivity index (χ2v) is 4.91. The molecule has 10 heteroatoms. The number of amides is 1. The number of nitrogens with zero attached hydrogens (tertiary/aromatic N) is 4. The summed E-state index contributed by atoms with van der Waals surface area (Å²) in [6, 6.07) is 5.22. The highest BCUT2D eigenvalue weighted by Crippen LogP contribution is 2.31. The van der Waals surface area contributed by atoms with Crippen molar-refractivity contribution in [1.82, 2.24) is 15.0 Å². The summed E-state index contributed by atoms with van der Waals surface area (Å²) in [6.45, 7) is 1.51. The molecule has 0 unspecified atom stereocenters. The van der Waals surface area contributed by atoms with E-state index in [1.807, 2.05) is 0 Å². The molecule has 1 aromatic carbocycles. The van der Waals surface area contributed by atoms with Gasteiger partial charge in [-0.05, 0) is 28.7 Å². The Morgan fingerprint density at radius 1 is 1.50 bits per heavy atom. The van der Waals surface area contributed by atoms with Crippen LogP contribution in [0.4, 0.5) is 5.82 Å². The molecule has 0 aliphatic carbocycles. The zero-order valence-corrected chi connectivity index (χ0v) is 12.6. The lowest BCUT2D eigenvalue weighted by Crippen LogP contribution is -2.24. The first-order valence-electron chi connectivity index (χ1n) is 6.92. The molecule has 1 aromatic heterocycles. The van der Waals surface area contributed by atoms with Crippen molar-refractivity contribution in [2.45, 2.75) is 13.5 Å². The summed E-state index contributed by atoms with van der Waals surface area (Å²) < 4.78 is 11.6. The minimum atomic E-state index is -0.594. The van der Waals surface area contributed by atoms with Crippen molar-refractivity contribution in [3.8, 4) is 11.5 Å². The van der Waals surface area contributed by atoms with Crippen molar-refractivity contribution in [1.29, 1.82) is 0 Å². The summed E-state index contributed by atoms with van der Waals surface area (Å²) >= 11 is 0. The largest absolute Gasteiger partial charge is 0.454 e. The van der Waals surface area contributed by atoms with E-state index in [0.717, 1.165) is 6.20 Å². The summed E-state index contributed by atoms with van der Waals surface area (Å²) in [6.07, 6.45) is 2.55. The highest BCUT2D eigenvalue weighted by molar-refractivity contribution is 5.83. The molecule has 0 fully saturated rings. The predicted octanol–water partition coefficient (Wildman–Crippen LogP) is 0.979. The van der Waals surface area contributed by atoms with Crippen LogP contribution in [0.1, 0.15) is 11.4 Å². The number of benzene rings is 1. The second-order valence-electron chi connectivity index (χ2n) is 4.91. The van der Waals surface area contributed by atoms with E-state index in [4.69, 9.17) is 9.47 Å². The van der Waals surface area contributed by atoms with Gasteiger partial charge in [0.1, 0.15) is 6.20 Å². The number of ether oxygens (including phenoxy) is 2. The first kappa shape index (κ1) is 15.5. The van der Waals surface area contributed by atoms with Crippen molar-refractivity contribution >= 4 is 17.9 Å². The lowest BCUT2D eigenvalue weighted by atomic mass is 10.2. The third kappa shape index (κ3) is 3.16. The average molecular weight is 331 g/mol. The zero-order valence-electron chi connectivity index (χ0n) is 12.6. The van der Waals surface area contributed by atoms with Gasteiger partial charge in [-0.3, -0.25) is 4.79 Å². The molecule has 1 amide bonds. The van der Waals surface area contributed by atoms with Crippen LogP contribution in [0.5, 0.6) is 11.5 Å². The Bertz CT molecular complexity index is 829. The molecule has 1 aliphatic heterocycles. The third-order valence-corrected chi connectivity index (χ3v) is 3.32. The van der Waals surface area contributed by atoms with E-state index >= 15 is 0 Å². The van der Waals surface area contributed by atoms with Crippen LogP contribution in [0.3, 0.4) is 0 Å². The number of nitro groups is 1. The van der Waals surface area contributed by atoms with Gasteiger partial charge < -0.3 is 19.6 Å². The fraction of sp³-hybridized carbons (Fsp3) is 0.214. The minimum absolute atomic E-state index is 0.176. The van der Waals surface area contributed by atoms with Gasteiger partial charge in [-0.15, -0.1) is 0 Å². The van der Waals surface area contributed by atoms with Gasteiger partial charge in [0.25, 0.3) is 5.91 Å². The number of carbonyl (C=O) groups excluding carboxylic acids is 1. The molecule has 24 heavy (non-hydrogen) atoms. The fourth-order valence-electron chi connectivity index (χ4n) is 2.15. The van der Waals surface area contributed by atoms with Gasteiger partial charge >= 0.3 is 5.82 Å². The summed E-state index contributed by atoms with van der Waals surface area (Å²) in [4.78, 5) is 26.0. The molecule has 10 nitrogen and oxygen atoms in total. The molecule has 0 saturated carbocycles. The van der Waals surface area contributed by atoms with Crippen LogP contribution in [-0.4, -0.2) is 33.4 Å². The molecule has 0 saturated heterocycles. The number of hydrogen-bond acceptors (Lipinski definition) is 7. The number of hydrazone groups is 1. The lowest BCUT2D eigenvalue weighted by molar-refractivity contribution is -0.392. The fourth-order valence-corrected chi connectivity index (χ4v) is 2.15. The number of rotatable bonds is 5. The normalized spacial score (nSPS) is 12.5. The molecule has 3 rings (SSSR count). The Morgan fingerprint density at radius 2 is 2.29 bits per heavy atom. The number of aryl methyl sites for hydroxylation is 1. The average Bonchev–Trinajstić information content (AvgIpc) is 3.14. The number of fused-ring (bicyclic) bond motifs is 1. The van der Waals surface area contributed by atoms with Crippen LogP contribution >= 0.6 is 0 Å². The molecule has 0 radical (unpaired) electrons. The minimum Gasteiger partial charge on any atom is -0.454 e. The van der Waals surface area contributed by atoms with Gasteiger partial charge in [0.05, 0.1) is 6.21 Å². The topological polar surface area (TPSA) is 121 Å². The van der Waals surface area contributed by atoms with Gasteiger partial charge in [0, 0.05) is 6.92 Å². The molecule has 124 valence electrons. The van der Waals surface area contributed by atoms with Gasteiger partial charge in [0.2, 0.25) is 6.79 Å². The number of hydrogen-bond donors (Lipinski definition) is 1. The quantitative estimate of drug-likeness (QED) is 0.495. The Balaban J connectivity index is 1.62. The SMILES string of the molecule is Cc1ncc([N+](=O)[O-])n1CC(=O)NN=Cc1ccc2c(c1)OCO2. The zero-order chi connectivity index (χ0) is 17.1. The lowest BCUT2D eigenvalue weighted by Gasteiger charge is -2.02. The summed E-state index contributed by atoms with van der Waals surface area (Å²) in [5.41, 5.74) is 3.03. The molecular weight excluding hydrogens is 318 g/mol. The van der Waals surface area contributed by atoms with Gasteiger partial charge in [-0.1, -0.05) is 0 Å². The van der Waals surface area contributed by atoms with E-state index in [0.29, 0.717) is 22.9 Å². The highest BCUT2D eigenvalue weighted by atomic mass is 16.7. The number of carbonyl (C=O) groups is 1. The van der Waals surface area contributed by atoms with Crippen molar-refractivity contribution in [2.75, 3.05) is 6.79 Å². The second kappa shape index (κ2) is 6.36. The van der Waals surface area contributed by atoms with Crippen LogP contribution in [0.25, 0.3) is 0 Å². The summed E-state index contributed by atoms with van der Waals surface area (Å²) in [5.74, 6) is 0.879. The molecular formula is C14H13N5O5. The standard InChI is InChI=1S/C14H13N5O5/c1-9-15-6-14(19(21)22)18(9)7-13(20)17-16-5-10-2-3-11-12(4-10)24-8-23-11/h2-6H,7-8H2,1H3,(H,17,20). The molecule has 0 spiro atoms. The van der Waals surface area contributed by atoms with E-state index in [1.54, 1.807) is 25.1 Å². The molecule has 1 aliphatic rings. The van der Waals surface area contributed by atoms with Gasteiger partial charge in [0.15, 0.2) is 23.9 Å². The molecule has 2 aromatic rings. The number of imidazole rings is 1. The first-order chi connectivity index (χ1) is 11.5. The Morgan fingerprint density at radius 3 is 3.08 bits per heavy atom. The maximum atomic E-state index is 11.9. The summed E-state index contributed by atoms with van der Waals surface area (Å²) in [5, 5.41) is 14.7. The molecule has 0 atom stereocenters. The van der Waals surface area contributed by atoms with Crippen molar-refractivity contribution in [3.63, 3.8) is 0 Å². The first-order valence-corrected chi connectivity index (χ1v) is 6.92. The van der Waals surface area contributed by atoms with E-state index in [2.05, 4.69) is 15.5 Å². The number of nitrogens with one attached hydrogen (secondary N) is 1. The van der Waals surface area contributed by atoms with E-state index in [9.17, 15) is 14.9 Å². The van der Waals surface area contributed by atoms with Gasteiger partial charge in [-0.25, -0.2) is 15.0 Å². The van der Waals surface area contributed by atoms with Crippen molar-refractivity contribution in [3.05, 3.63) is 45.9 Å². The summed E-state index contributed by atoms with van der Waals surface area (Å²) in [7, 11) is 0. The predicted molar refractivity (Wildman–Crippen MR) is 81.9 cm³/mol. The third-order valence-electron chi connectivity index (χ3n) is 3.32. The van der Waals surface area contributed by atoms with Crippen LogP contribution < -0.4 is 14.9 Å². The number of aromatic nitrogens is 2. The van der Waals surface area contributed by atoms with Crippen LogP contribution in [0, 0.1) is 17.0 Å². The Kier molecular flexibility index (Phi) is 4.10. The van der Waals surface area contributed by atoms with Crippen molar-refractivity contribution in [2.24, 2.45) is 5.10 Å². The highest BCUT2D eigenvalue weighted by Gasteiger charge is 2.20. The van der Waals surface area contributed by atoms with Crippen LogP contribution in [-0.2, 0) is 11.3 Å². The van der Waals surface area contributed by atoms with Crippen LogP contribution in [0.15, 0.2) is 29.5 Å². The maximum absolute atomic E-state index is 11.9. The van der Waals surface area contributed by atoms with Crippen molar-refractivity contribution < 1.29 is 19.2 Å². The Hall–Kier alpha value is -3.43.